The molecule has 17 heavy (non-hydrogen) atoms. The Bertz CT molecular complexity index is 290. The number of nitrogens with zero attached hydrogens (tertiary/aromatic N) is 2. The molecule has 98 valence electrons. The topological polar surface area (TPSA) is 32.5 Å². The van der Waals surface area contributed by atoms with E-state index in [4.69, 9.17) is 18.0 Å². The summed E-state index contributed by atoms with van der Waals surface area (Å²) < 4.78 is 0. The molecule has 0 bridgehead atoms. The number of fused-ring (bicyclic) bond motifs is 1. The summed E-state index contributed by atoms with van der Waals surface area (Å²) >= 11 is 5.12. The van der Waals surface area contributed by atoms with Crippen molar-refractivity contribution >= 4 is 17.2 Å². The summed E-state index contributed by atoms with van der Waals surface area (Å²) in [5.41, 5.74) is 5.78. The van der Waals surface area contributed by atoms with E-state index in [-0.39, 0.29) is 5.41 Å². The van der Waals surface area contributed by atoms with Gasteiger partial charge in [-0.1, -0.05) is 26.1 Å². The van der Waals surface area contributed by atoms with E-state index in [1.54, 1.807) is 0 Å². The molecule has 0 aromatic rings. The van der Waals surface area contributed by atoms with Crippen molar-refractivity contribution in [2.24, 2.45) is 11.1 Å². The van der Waals surface area contributed by atoms with Crippen molar-refractivity contribution in [3.05, 3.63) is 0 Å². The van der Waals surface area contributed by atoms with Gasteiger partial charge in [0.1, 0.15) is 0 Å². The smallest absolute Gasteiger partial charge is 0.0784 e. The van der Waals surface area contributed by atoms with Gasteiger partial charge in [0.15, 0.2) is 0 Å². The van der Waals surface area contributed by atoms with Gasteiger partial charge in [-0.15, -0.1) is 0 Å². The van der Waals surface area contributed by atoms with Crippen LogP contribution in [0.2, 0.25) is 0 Å². The van der Waals surface area contributed by atoms with E-state index < -0.39 is 0 Å². The van der Waals surface area contributed by atoms with Crippen LogP contribution in [0.1, 0.15) is 33.1 Å². The molecule has 1 atom stereocenters. The Hall–Kier alpha value is -0.190. The van der Waals surface area contributed by atoms with Crippen LogP contribution in [0.4, 0.5) is 0 Å². The van der Waals surface area contributed by atoms with E-state index in [1.165, 1.54) is 39.0 Å². The van der Waals surface area contributed by atoms with Crippen molar-refractivity contribution in [2.45, 2.75) is 39.2 Å². The molecule has 1 unspecified atom stereocenters. The van der Waals surface area contributed by atoms with Gasteiger partial charge in [0.2, 0.25) is 0 Å². The maximum Gasteiger partial charge on any atom is 0.0784 e. The van der Waals surface area contributed by atoms with Crippen molar-refractivity contribution in [1.29, 1.82) is 0 Å². The lowest BCUT2D eigenvalue weighted by atomic mass is 9.89. The van der Waals surface area contributed by atoms with Gasteiger partial charge in [-0.05, 0) is 32.4 Å². The van der Waals surface area contributed by atoms with E-state index in [2.05, 4.69) is 23.6 Å². The van der Waals surface area contributed by atoms with Crippen LogP contribution < -0.4 is 5.73 Å². The molecule has 0 aromatic heterocycles. The number of piperazine rings is 1. The molecule has 4 heteroatoms. The predicted molar refractivity (Wildman–Crippen MR) is 76.2 cm³/mol. The van der Waals surface area contributed by atoms with Crippen LogP contribution in [0, 0.1) is 5.41 Å². The Morgan fingerprint density at radius 1 is 1.35 bits per heavy atom. The van der Waals surface area contributed by atoms with Crippen molar-refractivity contribution in [1.82, 2.24) is 9.80 Å². The number of nitrogens with two attached hydrogens (primary N) is 1. The molecule has 2 heterocycles. The Morgan fingerprint density at radius 2 is 2.12 bits per heavy atom. The first kappa shape index (κ1) is 13.2. The first-order valence-electron chi connectivity index (χ1n) is 6.75. The molecular weight excluding hydrogens is 230 g/mol. The zero-order valence-corrected chi connectivity index (χ0v) is 11.9. The molecule has 0 saturated carbocycles. The quantitative estimate of drug-likeness (QED) is 0.771. The maximum atomic E-state index is 5.78. The molecule has 0 amide bonds. The van der Waals surface area contributed by atoms with Gasteiger partial charge in [-0.2, -0.15) is 0 Å². The van der Waals surface area contributed by atoms with Crippen LogP contribution in [0.25, 0.3) is 0 Å². The van der Waals surface area contributed by atoms with Crippen LogP contribution in [-0.2, 0) is 0 Å². The first-order valence-corrected chi connectivity index (χ1v) is 7.16. The highest BCUT2D eigenvalue weighted by molar-refractivity contribution is 7.80. The van der Waals surface area contributed by atoms with Crippen molar-refractivity contribution < 1.29 is 0 Å². The van der Waals surface area contributed by atoms with E-state index in [1.807, 2.05) is 0 Å². The predicted octanol–water partition coefficient (Wildman–Crippen LogP) is 1.47. The molecule has 3 nitrogen and oxygen atoms in total. The molecule has 2 aliphatic rings. The van der Waals surface area contributed by atoms with E-state index in [0.29, 0.717) is 4.99 Å². The monoisotopic (exact) mass is 255 g/mol. The third kappa shape index (κ3) is 3.18. The molecular formula is C13H25N3S. The van der Waals surface area contributed by atoms with Gasteiger partial charge in [-0.3, -0.25) is 4.90 Å². The normalized spacial score (nSPS) is 27.1. The van der Waals surface area contributed by atoms with Crippen molar-refractivity contribution in [3.63, 3.8) is 0 Å². The highest BCUT2D eigenvalue weighted by atomic mass is 32.1. The second-order valence-electron chi connectivity index (χ2n) is 6.13. The highest BCUT2D eigenvalue weighted by Crippen LogP contribution is 2.24. The van der Waals surface area contributed by atoms with Crippen LogP contribution in [-0.4, -0.2) is 53.6 Å². The Morgan fingerprint density at radius 3 is 2.82 bits per heavy atom. The Labute approximate surface area is 110 Å². The second-order valence-corrected chi connectivity index (χ2v) is 6.57. The summed E-state index contributed by atoms with van der Waals surface area (Å²) in [6, 6.07) is 0.816. The molecule has 0 aliphatic carbocycles. The lowest BCUT2D eigenvalue weighted by molar-refractivity contribution is 0.0985. The third-order valence-corrected chi connectivity index (χ3v) is 4.94. The molecule has 2 rings (SSSR count). The van der Waals surface area contributed by atoms with E-state index >= 15 is 0 Å². The SMILES string of the molecule is CC(C)(CCN1CCN2CCCC2C1)C(N)=S. The average Bonchev–Trinajstić information content (AvgIpc) is 2.73. The van der Waals surface area contributed by atoms with Gasteiger partial charge >= 0.3 is 0 Å². The average molecular weight is 255 g/mol. The molecule has 0 spiro atoms. The lowest BCUT2D eigenvalue weighted by Gasteiger charge is -2.38. The standard InChI is InChI=1S/C13H25N3S/c1-13(2,12(14)17)5-7-15-8-9-16-6-3-4-11(16)10-15/h11H,3-10H2,1-2H3,(H2,14,17). The van der Waals surface area contributed by atoms with Crippen LogP contribution >= 0.6 is 12.2 Å². The second kappa shape index (κ2) is 5.21. The fraction of sp³-hybridized carbons (Fsp3) is 0.923. The Kier molecular flexibility index (Phi) is 4.06. The molecule has 0 aromatic carbocycles. The highest BCUT2D eigenvalue weighted by Gasteiger charge is 2.31. The van der Waals surface area contributed by atoms with Gasteiger partial charge in [0.25, 0.3) is 0 Å². The van der Waals surface area contributed by atoms with Crippen molar-refractivity contribution in [3.8, 4) is 0 Å². The fourth-order valence-corrected chi connectivity index (χ4v) is 2.92. The van der Waals surface area contributed by atoms with Crippen molar-refractivity contribution in [2.75, 3.05) is 32.7 Å². The van der Waals surface area contributed by atoms with Gasteiger partial charge in [0.05, 0.1) is 4.99 Å². The number of thiocarbonyl (C=S) groups is 1. The van der Waals surface area contributed by atoms with Gasteiger partial charge in [-0.25, -0.2) is 0 Å². The van der Waals surface area contributed by atoms with Crippen LogP contribution in [0.15, 0.2) is 0 Å². The summed E-state index contributed by atoms with van der Waals surface area (Å²) in [6.45, 7) is 10.5. The third-order valence-electron chi connectivity index (χ3n) is 4.39. The fourth-order valence-electron chi connectivity index (χ4n) is 2.82. The summed E-state index contributed by atoms with van der Waals surface area (Å²) in [6.07, 6.45) is 3.85. The first-order chi connectivity index (χ1) is 7.99. The zero-order chi connectivity index (χ0) is 12.5. The molecule has 2 saturated heterocycles. The molecule has 2 fully saturated rings. The van der Waals surface area contributed by atoms with E-state index in [0.717, 1.165) is 19.0 Å². The number of rotatable bonds is 4. The minimum Gasteiger partial charge on any atom is -0.393 e. The minimum absolute atomic E-state index is 0.00213. The largest absolute Gasteiger partial charge is 0.393 e. The number of hydrogen-bond donors (Lipinski definition) is 1. The van der Waals surface area contributed by atoms with Gasteiger partial charge < -0.3 is 10.6 Å². The lowest BCUT2D eigenvalue weighted by Crippen LogP contribution is -2.50. The maximum absolute atomic E-state index is 5.78. The number of hydrogen-bond acceptors (Lipinski definition) is 3. The molecule has 0 radical (unpaired) electrons. The minimum atomic E-state index is 0.00213. The summed E-state index contributed by atoms with van der Waals surface area (Å²) in [5.74, 6) is 0. The Balaban J connectivity index is 1.79. The van der Waals surface area contributed by atoms with Crippen LogP contribution in [0.3, 0.4) is 0 Å². The molecule has 2 N–H and O–H groups in total. The zero-order valence-electron chi connectivity index (χ0n) is 11.1. The summed E-state index contributed by atoms with van der Waals surface area (Å²) in [5, 5.41) is 0. The van der Waals surface area contributed by atoms with E-state index in [9.17, 15) is 0 Å². The molecule has 2 aliphatic heterocycles. The summed E-state index contributed by atoms with van der Waals surface area (Å²) in [4.78, 5) is 5.89. The summed E-state index contributed by atoms with van der Waals surface area (Å²) in [7, 11) is 0. The van der Waals surface area contributed by atoms with Crippen LogP contribution in [0.5, 0.6) is 0 Å². The van der Waals surface area contributed by atoms with Gasteiger partial charge in [0, 0.05) is 31.1 Å².